The van der Waals surface area contributed by atoms with Gasteiger partial charge in [-0.3, -0.25) is 0 Å². The first-order valence-electron chi connectivity index (χ1n) is 7.45. The minimum absolute atomic E-state index is 0.263. The van der Waals surface area contributed by atoms with Crippen molar-refractivity contribution in [1.82, 2.24) is 5.32 Å². The molecule has 0 fully saturated rings. The summed E-state index contributed by atoms with van der Waals surface area (Å²) < 4.78 is 34.7. The highest BCUT2D eigenvalue weighted by Crippen LogP contribution is 2.36. The van der Waals surface area contributed by atoms with Crippen LogP contribution in [0.4, 0.5) is 8.78 Å². The van der Waals surface area contributed by atoms with Crippen LogP contribution >= 0.6 is 0 Å². The van der Waals surface area contributed by atoms with Gasteiger partial charge in [-0.15, -0.1) is 0 Å². The van der Waals surface area contributed by atoms with Crippen molar-refractivity contribution < 1.29 is 18.3 Å². The summed E-state index contributed by atoms with van der Waals surface area (Å²) in [6.45, 7) is 0.622. The van der Waals surface area contributed by atoms with Crippen LogP contribution in [0.25, 0.3) is 0 Å². The van der Waals surface area contributed by atoms with Gasteiger partial charge in [-0.2, -0.15) is 0 Å². The van der Waals surface area contributed by atoms with Gasteiger partial charge in [0.2, 0.25) is 0 Å². The Hall–Kier alpha value is -1.20. The molecule has 2 rings (SSSR count). The zero-order chi connectivity index (χ0) is 15.1. The molecule has 2 atom stereocenters. The third kappa shape index (κ3) is 4.93. The Morgan fingerprint density at radius 2 is 2.19 bits per heavy atom. The van der Waals surface area contributed by atoms with Crippen molar-refractivity contribution in [3.05, 3.63) is 29.8 Å². The highest BCUT2D eigenvalue weighted by atomic mass is 19.3. The highest BCUT2D eigenvalue weighted by Gasteiger charge is 2.23. The molecule has 0 aliphatic carbocycles. The molecule has 1 aliphatic heterocycles. The van der Waals surface area contributed by atoms with Crippen molar-refractivity contribution in [2.75, 3.05) is 26.9 Å². The lowest BCUT2D eigenvalue weighted by Gasteiger charge is -2.29. The molecule has 1 aliphatic rings. The second-order valence-corrected chi connectivity index (χ2v) is 5.35. The Balaban J connectivity index is 1.85. The van der Waals surface area contributed by atoms with Crippen LogP contribution in [0.15, 0.2) is 24.3 Å². The molecule has 2 unspecified atom stereocenters. The average molecular weight is 299 g/mol. The smallest absolute Gasteiger partial charge is 0.261 e. The molecule has 0 spiro atoms. The predicted octanol–water partition coefficient (Wildman–Crippen LogP) is 3.20. The van der Waals surface area contributed by atoms with Crippen molar-refractivity contribution in [3.63, 3.8) is 0 Å². The number of para-hydroxylation sites is 1. The second kappa shape index (κ2) is 8.29. The van der Waals surface area contributed by atoms with Crippen LogP contribution in [0.2, 0.25) is 0 Å². The second-order valence-electron chi connectivity index (χ2n) is 5.35. The molecule has 1 heterocycles. The maximum atomic E-state index is 12.0. The van der Waals surface area contributed by atoms with E-state index in [9.17, 15) is 8.78 Å². The summed E-state index contributed by atoms with van der Waals surface area (Å²) in [4.78, 5) is 0. The van der Waals surface area contributed by atoms with E-state index < -0.39 is 13.0 Å². The van der Waals surface area contributed by atoms with Gasteiger partial charge in [0.05, 0.1) is 6.61 Å². The Labute approximate surface area is 124 Å². The van der Waals surface area contributed by atoms with Gasteiger partial charge in [0, 0.05) is 12.6 Å². The molecule has 21 heavy (non-hydrogen) atoms. The molecule has 5 heteroatoms. The van der Waals surface area contributed by atoms with Crippen LogP contribution < -0.4 is 10.1 Å². The van der Waals surface area contributed by atoms with E-state index in [0.29, 0.717) is 12.5 Å². The van der Waals surface area contributed by atoms with E-state index in [1.54, 1.807) is 0 Å². The van der Waals surface area contributed by atoms with E-state index in [1.165, 1.54) is 5.56 Å². The van der Waals surface area contributed by atoms with E-state index in [-0.39, 0.29) is 6.04 Å². The van der Waals surface area contributed by atoms with Crippen LogP contribution in [-0.2, 0) is 4.74 Å². The molecule has 0 amide bonds. The topological polar surface area (TPSA) is 30.5 Å². The SMILES string of the molecule is CNC(CCOCC(F)F)CC1CCOc2ccccc21. The minimum Gasteiger partial charge on any atom is -0.493 e. The summed E-state index contributed by atoms with van der Waals surface area (Å²) >= 11 is 0. The fourth-order valence-corrected chi connectivity index (χ4v) is 2.78. The summed E-state index contributed by atoms with van der Waals surface area (Å²) in [6.07, 6.45) is 0.311. The van der Waals surface area contributed by atoms with Gasteiger partial charge in [-0.05, 0) is 43.9 Å². The van der Waals surface area contributed by atoms with Gasteiger partial charge in [0.25, 0.3) is 6.43 Å². The van der Waals surface area contributed by atoms with Gasteiger partial charge < -0.3 is 14.8 Å². The highest BCUT2D eigenvalue weighted by molar-refractivity contribution is 5.37. The normalized spacial score (nSPS) is 19.1. The molecule has 0 radical (unpaired) electrons. The van der Waals surface area contributed by atoms with Gasteiger partial charge in [-0.1, -0.05) is 18.2 Å². The maximum absolute atomic E-state index is 12.0. The summed E-state index contributed by atoms with van der Waals surface area (Å²) in [7, 11) is 1.91. The lowest BCUT2D eigenvalue weighted by Crippen LogP contribution is -2.30. The van der Waals surface area contributed by atoms with Gasteiger partial charge in [0.1, 0.15) is 12.4 Å². The molecular weight excluding hydrogens is 276 g/mol. The quantitative estimate of drug-likeness (QED) is 0.748. The van der Waals surface area contributed by atoms with Crippen LogP contribution in [0.1, 0.15) is 30.7 Å². The number of hydrogen-bond acceptors (Lipinski definition) is 3. The van der Waals surface area contributed by atoms with Gasteiger partial charge >= 0.3 is 0 Å². The van der Waals surface area contributed by atoms with Crippen LogP contribution in [0.5, 0.6) is 5.75 Å². The summed E-state index contributed by atoms with van der Waals surface area (Å²) in [5, 5.41) is 3.26. The van der Waals surface area contributed by atoms with Crippen LogP contribution in [0, 0.1) is 0 Å². The molecular formula is C16H23F2NO2. The number of hydrogen-bond donors (Lipinski definition) is 1. The van der Waals surface area contributed by atoms with Gasteiger partial charge in [0.15, 0.2) is 0 Å². The number of benzene rings is 1. The number of fused-ring (bicyclic) bond motifs is 1. The number of halogens is 2. The first-order valence-corrected chi connectivity index (χ1v) is 7.45. The molecule has 1 aromatic rings. The Bertz CT molecular complexity index is 428. The lowest BCUT2D eigenvalue weighted by atomic mass is 9.87. The van der Waals surface area contributed by atoms with Gasteiger partial charge in [-0.25, -0.2) is 8.78 Å². The van der Waals surface area contributed by atoms with E-state index >= 15 is 0 Å². The molecule has 0 saturated carbocycles. The Morgan fingerprint density at radius 3 is 2.95 bits per heavy atom. The summed E-state index contributed by atoms with van der Waals surface area (Å²) in [5.41, 5.74) is 1.25. The minimum atomic E-state index is -2.39. The Morgan fingerprint density at radius 1 is 1.38 bits per heavy atom. The number of ether oxygens (including phenoxy) is 2. The van der Waals surface area contributed by atoms with Crippen molar-refractivity contribution in [2.45, 2.75) is 37.6 Å². The fourth-order valence-electron chi connectivity index (χ4n) is 2.78. The molecule has 1 aromatic carbocycles. The average Bonchev–Trinajstić information content (AvgIpc) is 2.50. The molecule has 0 aromatic heterocycles. The van der Waals surface area contributed by atoms with Crippen molar-refractivity contribution in [1.29, 1.82) is 0 Å². The van der Waals surface area contributed by atoms with Crippen LogP contribution in [0.3, 0.4) is 0 Å². The molecule has 3 nitrogen and oxygen atoms in total. The first-order chi connectivity index (χ1) is 10.2. The maximum Gasteiger partial charge on any atom is 0.261 e. The van der Waals surface area contributed by atoms with E-state index in [4.69, 9.17) is 9.47 Å². The largest absolute Gasteiger partial charge is 0.493 e. The van der Waals surface area contributed by atoms with E-state index in [0.717, 1.165) is 31.6 Å². The predicted molar refractivity (Wildman–Crippen MR) is 78.2 cm³/mol. The number of rotatable bonds is 8. The number of alkyl halides is 2. The molecule has 0 saturated heterocycles. The number of nitrogens with one attached hydrogen (secondary N) is 1. The van der Waals surface area contributed by atoms with Crippen molar-refractivity contribution >= 4 is 0 Å². The van der Waals surface area contributed by atoms with E-state index in [2.05, 4.69) is 11.4 Å². The molecule has 118 valence electrons. The summed E-state index contributed by atoms with van der Waals surface area (Å²) in [6, 6.07) is 8.38. The first kappa shape index (κ1) is 16.2. The van der Waals surface area contributed by atoms with Crippen molar-refractivity contribution in [2.24, 2.45) is 0 Å². The fraction of sp³-hybridized carbons (Fsp3) is 0.625. The van der Waals surface area contributed by atoms with Crippen LogP contribution in [-0.4, -0.2) is 39.3 Å². The van der Waals surface area contributed by atoms with E-state index in [1.807, 2.05) is 25.2 Å². The zero-order valence-electron chi connectivity index (χ0n) is 12.4. The molecule has 0 bridgehead atoms. The standard InChI is InChI=1S/C16H23F2NO2/c1-19-13(7-8-20-11-16(17)18)10-12-6-9-21-15-5-3-2-4-14(12)15/h2-5,12-13,16,19H,6-11H2,1H3. The summed E-state index contributed by atoms with van der Waals surface area (Å²) in [5.74, 6) is 1.42. The third-order valence-corrected chi connectivity index (χ3v) is 3.91. The monoisotopic (exact) mass is 299 g/mol. The van der Waals surface area contributed by atoms with Crippen molar-refractivity contribution in [3.8, 4) is 5.75 Å². The lowest BCUT2D eigenvalue weighted by molar-refractivity contribution is 0.0141. The zero-order valence-corrected chi connectivity index (χ0v) is 12.4. The third-order valence-electron chi connectivity index (χ3n) is 3.91. The molecule has 1 N–H and O–H groups in total. The Kier molecular flexibility index (Phi) is 6.39.